The van der Waals surface area contributed by atoms with Crippen LogP contribution in [0.1, 0.15) is 19.8 Å². The summed E-state index contributed by atoms with van der Waals surface area (Å²) in [4.78, 5) is 4.46. The van der Waals surface area contributed by atoms with Gasteiger partial charge in [-0.25, -0.2) is 13.8 Å². The van der Waals surface area contributed by atoms with Gasteiger partial charge >= 0.3 is 0 Å². The Kier molecular flexibility index (Phi) is 5.06. The summed E-state index contributed by atoms with van der Waals surface area (Å²) in [5.74, 6) is -1.21. The van der Waals surface area contributed by atoms with Gasteiger partial charge in [-0.15, -0.1) is 0 Å². The first-order valence-electron chi connectivity index (χ1n) is 9.24. The van der Waals surface area contributed by atoms with Crippen LogP contribution >= 0.6 is 0 Å². The minimum atomic E-state index is -0.700. The Morgan fingerprint density at radius 1 is 0.893 bits per heavy atom. The van der Waals surface area contributed by atoms with E-state index in [0.717, 1.165) is 23.9 Å². The van der Waals surface area contributed by atoms with Gasteiger partial charge in [0.05, 0.1) is 6.61 Å². The number of hydrogen-bond donors (Lipinski definition) is 0. The first-order valence-corrected chi connectivity index (χ1v) is 9.24. The number of unbranched alkanes of at least 4 members (excludes halogenated alkanes) is 1. The number of para-hydroxylation sites is 2. The monoisotopic (exact) mass is 379 g/mol. The zero-order valence-electron chi connectivity index (χ0n) is 15.4. The first-order chi connectivity index (χ1) is 13.7. The second kappa shape index (κ2) is 7.80. The first kappa shape index (κ1) is 18.2. The number of ether oxygens (including phenoxy) is 1. The van der Waals surface area contributed by atoms with Gasteiger partial charge in [0.15, 0.2) is 23.0 Å². The summed E-state index contributed by atoms with van der Waals surface area (Å²) in [5.41, 5.74) is 3.42. The van der Waals surface area contributed by atoms with Gasteiger partial charge in [-0.2, -0.15) is 0 Å². The smallest absolute Gasteiger partial charge is 0.227 e. The highest BCUT2D eigenvalue weighted by molar-refractivity contribution is 5.76. The molecular formula is C23H19F2NO2. The van der Waals surface area contributed by atoms with E-state index in [-0.39, 0.29) is 5.75 Å². The molecule has 3 aromatic carbocycles. The minimum Gasteiger partial charge on any atom is -0.488 e. The summed E-state index contributed by atoms with van der Waals surface area (Å²) in [7, 11) is 0. The lowest BCUT2D eigenvalue weighted by atomic mass is 10.0. The number of fused-ring (bicyclic) bond motifs is 1. The molecule has 0 saturated heterocycles. The Hall–Kier alpha value is -3.21. The van der Waals surface area contributed by atoms with E-state index < -0.39 is 11.6 Å². The molecule has 0 saturated carbocycles. The van der Waals surface area contributed by atoms with Crippen LogP contribution < -0.4 is 4.74 Å². The van der Waals surface area contributed by atoms with Crippen molar-refractivity contribution in [3.8, 4) is 28.3 Å². The van der Waals surface area contributed by atoms with Gasteiger partial charge in [-0.1, -0.05) is 37.6 Å². The maximum Gasteiger partial charge on any atom is 0.227 e. The van der Waals surface area contributed by atoms with Crippen LogP contribution in [0.2, 0.25) is 0 Å². The fraction of sp³-hybridized carbons (Fsp3) is 0.174. The quantitative estimate of drug-likeness (QED) is 0.353. The van der Waals surface area contributed by atoms with Crippen molar-refractivity contribution in [2.45, 2.75) is 19.8 Å². The second-order valence-corrected chi connectivity index (χ2v) is 6.54. The maximum atomic E-state index is 14.3. The van der Waals surface area contributed by atoms with E-state index in [2.05, 4.69) is 4.98 Å². The summed E-state index contributed by atoms with van der Waals surface area (Å²) >= 11 is 0. The molecule has 0 unspecified atom stereocenters. The molecule has 0 aliphatic rings. The highest BCUT2D eigenvalue weighted by Crippen LogP contribution is 2.31. The Morgan fingerprint density at radius 3 is 2.25 bits per heavy atom. The van der Waals surface area contributed by atoms with Crippen LogP contribution in [0.15, 0.2) is 65.1 Å². The summed E-state index contributed by atoms with van der Waals surface area (Å²) in [6.45, 7) is 2.28. The maximum absolute atomic E-state index is 14.3. The molecule has 4 rings (SSSR count). The molecule has 5 heteroatoms. The molecule has 0 fully saturated rings. The molecule has 28 heavy (non-hydrogen) atoms. The van der Waals surface area contributed by atoms with Crippen LogP contribution in [0.4, 0.5) is 8.78 Å². The molecule has 0 atom stereocenters. The van der Waals surface area contributed by atoms with Crippen molar-refractivity contribution in [1.29, 1.82) is 0 Å². The molecule has 0 radical (unpaired) electrons. The summed E-state index contributed by atoms with van der Waals surface area (Å²) in [6.07, 6.45) is 1.64. The number of aromatic nitrogens is 1. The van der Waals surface area contributed by atoms with E-state index in [1.165, 1.54) is 12.1 Å². The molecule has 3 nitrogen and oxygen atoms in total. The molecule has 0 amide bonds. The van der Waals surface area contributed by atoms with Crippen LogP contribution in [-0.4, -0.2) is 11.6 Å². The average molecular weight is 379 g/mol. The SMILES string of the molecule is CCCCOc1c(F)cc(-c2ccc(-c3nc4ccccc4o3)cc2)cc1F. The van der Waals surface area contributed by atoms with E-state index in [1.807, 2.05) is 43.3 Å². The van der Waals surface area contributed by atoms with Crippen molar-refractivity contribution in [3.63, 3.8) is 0 Å². The predicted octanol–water partition coefficient (Wildman–Crippen LogP) is 6.62. The third-order valence-electron chi connectivity index (χ3n) is 4.50. The minimum absolute atomic E-state index is 0.295. The Morgan fingerprint density at radius 2 is 1.57 bits per heavy atom. The Labute approximate surface area is 161 Å². The van der Waals surface area contributed by atoms with Gasteiger partial charge in [-0.05, 0) is 53.9 Å². The molecular weight excluding hydrogens is 360 g/mol. The third kappa shape index (κ3) is 3.60. The van der Waals surface area contributed by atoms with Crippen LogP contribution in [0.25, 0.3) is 33.7 Å². The summed E-state index contributed by atoms with van der Waals surface area (Å²) in [6, 6.07) is 17.3. The molecule has 0 aliphatic carbocycles. The fourth-order valence-electron chi connectivity index (χ4n) is 2.98. The largest absolute Gasteiger partial charge is 0.488 e. The van der Waals surface area contributed by atoms with E-state index in [0.29, 0.717) is 29.2 Å². The summed E-state index contributed by atoms with van der Waals surface area (Å²) < 4.78 is 39.6. The number of rotatable bonds is 6. The molecule has 1 aromatic heterocycles. The normalized spacial score (nSPS) is 11.1. The molecule has 0 bridgehead atoms. The van der Waals surface area contributed by atoms with E-state index >= 15 is 0 Å². The lowest BCUT2D eigenvalue weighted by molar-refractivity contribution is 0.279. The van der Waals surface area contributed by atoms with Gasteiger partial charge in [0, 0.05) is 5.56 Å². The van der Waals surface area contributed by atoms with Crippen molar-refractivity contribution >= 4 is 11.1 Å². The number of benzene rings is 3. The molecule has 0 N–H and O–H groups in total. The number of oxazole rings is 1. The highest BCUT2D eigenvalue weighted by atomic mass is 19.1. The average Bonchev–Trinajstić information content (AvgIpc) is 3.14. The van der Waals surface area contributed by atoms with Crippen LogP contribution in [0.3, 0.4) is 0 Å². The predicted molar refractivity (Wildman–Crippen MR) is 105 cm³/mol. The Bertz CT molecular complexity index is 1050. The van der Waals surface area contributed by atoms with E-state index in [9.17, 15) is 8.78 Å². The zero-order valence-corrected chi connectivity index (χ0v) is 15.4. The second-order valence-electron chi connectivity index (χ2n) is 6.54. The topological polar surface area (TPSA) is 35.3 Å². The summed E-state index contributed by atoms with van der Waals surface area (Å²) in [5, 5.41) is 0. The Balaban J connectivity index is 1.60. The lowest BCUT2D eigenvalue weighted by Crippen LogP contribution is -2.01. The van der Waals surface area contributed by atoms with Crippen molar-refractivity contribution in [2.24, 2.45) is 0 Å². The fourth-order valence-corrected chi connectivity index (χ4v) is 2.98. The number of hydrogen-bond acceptors (Lipinski definition) is 3. The number of halogens is 2. The molecule has 1 heterocycles. The van der Waals surface area contributed by atoms with Crippen LogP contribution in [0.5, 0.6) is 5.75 Å². The number of nitrogens with zero attached hydrogens (tertiary/aromatic N) is 1. The van der Waals surface area contributed by atoms with E-state index in [1.54, 1.807) is 12.1 Å². The van der Waals surface area contributed by atoms with Gasteiger partial charge in [0.2, 0.25) is 5.89 Å². The van der Waals surface area contributed by atoms with Crippen molar-refractivity contribution in [1.82, 2.24) is 4.98 Å². The van der Waals surface area contributed by atoms with E-state index in [4.69, 9.17) is 9.15 Å². The highest BCUT2D eigenvalue weighted by Gasteiger charge is 2.14. The van der Waals surface area contributed by atoms with Gasteiger partial charge < -0.3 is 9.15 Å². The van der Waals surface area contributed by atoms with Crippen molar-refractivity contribution < 1.29 is 17.9 Å². The molecule has 4 aromatic rings. The molecule has 142 valence electrons. The standard InChI is InChI=1S/C23H19F2NO2/c1-2-3-12-27-22-18(24)13-17(14-19(22)25)15-8-10-16(11-9-15)23-26-20-6-4-5-7-21(20)28-23/h4-11,13-14H,2-3,12H2,1H3. The van der Waals surface area contributed by atoms with Crippen LogP contribution in [0, 0.1) is 11.6 Å². The van der Waals surface area contributed by atoms with Gasteiger partial charge in [0.25, 0.3) is 0 Å². The third-order valence-corrected chi connectivity index (χ3v) is 4.50. The van der Waals surface area contributed by atoms with Crippen LogP contribution in [-0.2, 0) is 0 Å². The zero-order chi connectivity index (χ0) is 19.5. The van der Waals surface area contributed by atoms with Crippen molar-refractivity contribution in [3.05, 3.63) is 72.3 Å². The molecule has 0 aliphatic heterocycles. The lowest BCUT2D eigenvalue weighted by Gasteiger charge is -2.10. The molecule has 0 spiro atoms. The van der Waals surface area contributed by atoms with Crippen molar-refractivity contribution in [2.75, 3.05) is 6.61 Å². The van der Waals surface area contributed by atoms with Gasteiger partial charge in [-0.3, -0.25) is 0 Å². The van der Waals surface area contributed by atoms with Gasteiger partial charge in [0.1, 0.15) is 5.52 Å².